The summed E-state index contributed by atoms with van der Waals surface area (Å²) in [6, 6.07) is 0.201. The summed E-state index contributed by atoms with van der Waals surface area (Å²) in [7, 11) is 0. The van der Waals surface area contributed by atoms with E-state index in [0.717, 1.165) is 40.1 Å². The number of nitrogens with zero attached hydrogens (tertiary/aromatic N) is 2. The summed E-state index contributed by atoms with van der Waals surface area (Å²) < 4.78 is 1.49. The molecule has 0 unspecified atom stereocenters. The lowest BCUT2D eigenvalue weighted by molar-refractivity contribution is -0.123. The van der Waals surface area contributed by atoms with Crippen molar-refractivity contribution >= 4 is 39.2 Å². The molecule has 1 N–H and O–H groups in total. The summed E-state index contributed by atoms with van der Waals surface area (Å²) in [5.74, 6) is 2.62. The fourth-order valence-electron chi connectivity index (χ4n) is 5.78. The number of amides is 1. The first-order valence-corrected chi connectivity index (χ1v) is 12.1. The highest BCUT2D eigenvalue weighted by molar-refractivity contribution is 7.98. The van der Waals surface area contributed by atoms with Crippen LogP contribution in [0.3, 0.4) is 0 Å². The van der Waals surface area contributed by atoms with Crippen LogP contribution in [-0.2, 0) is 23.5 Å². The van der Waals surface area contributed by atoms with Crippen LogP contribution in [0.2, 0.25) is 0 Å². The third kappa shape index (κ3) is 2.54. The predicted octanol–water partition coefficient (Wildman–Crippen LogP) is 3.58. The Morgan fingerprint density at radius 3 is 2.93 bits per heavy atom. The first kappa shape index (κ1) is 18.7. The van der Waals surface area contributed by atoms with Gasteiger partial charge >= 0.3 is 0 Å². The molecule has 2 saturated carbocycles. The zero-order valence-corrected chi connectivity index (χ0v) is 18.3. The standard InChI is InChI=1S/C21H27N3O2S2/c1-20(2)12-4-6-21(20,3)15(8-12)23-16(25)9-24-11-22-18-17(19(24)26)13-5-7-27-10-14(13)28-18/h11-12,15H,4-10H2,1-3H3,(H,23,25)/t12-,15-,21-/m0/s1. The molecule has 3 atom stereocenters. The van der Waals surface area contributed by atoms with Crippen molar-refractivity contribution in [3.63, 3.8) is 0 Å². The molecule has 150 valence electrons. The summed E-state index contributed by atoms with van der Waals surface area (Å²) in [6.07, 6.45) is 5.95. The summed E-state index contributed by atoms with van der Waals surface area (Å²) >= 11 is 3.54. The van der Waals surface area contributed by atoms with E-state index in [1.54, 1.807) is 17.7 Å². The number of hydrogen-bond acceptors (Lipinski definition) is 5. The predicted molar refractivity (Wildman–Crippen MR) is 115 cm³/mol. The number of carbonyl (C=O) groups is 1. The number of nitrogens with one attached hydrogen (secondary N) is 1. The molecule has 3 aliphatic rings. The minimum Gasteiger partial charge on any atom is -0.351 e. The van der Waals surface area contributed by atoms with Crippen LogP contribution in [0.4, 0.5) is 0 Å². The van der Waals surface area contributed by atoms with E-state index in [-0.39, 0.29) is 34.9 Å². The molecule has 0 spiro atoms. The van der Waals surface area contributed by atoms with Gasteiger partial charge in [-0.25, -0.2) is 4.98 Å². The lowest BCUT2D eigenvalue weighted by atomic mass is 9.69. The van der Waals surface area contributed by atoms with E-state index in [9.17, 15) is 9.59 Å². The quantitative estimate of drug-likeness (QED) is 0.829. The first-order chi connectivity index (χ1) is 13.3. The van der Waals surface area contributed by atoms with Gasteiger partial charge in [0.25, 0.3) is 5.56 Å². The second kappa shape index (κ2) is 6.33. The Labute approximate surface area is 173 Å². The van der Waals surface area contributed by atoms with Crippen LogP contribution in [0.25, 0.3) is 10.2 Å². The van der Waals surface area contributed by atoms with Crippen molar-refractivity contribution in [1.29, 1.82) is 0 Å². The molecule has 3 heterocycles. The largest absolute Gasteiger partial charge is 0.351 e. The average Bonchev–Trinajstić information content (AvgIpc) is 3.20. The van der Waals surface area contributed by atoms with Gasteiger partial charge in [0.1, 0.15) is 11.4 Å². The number of fused-ring (bicyclic) bond motifs is 5. The molecule has 2 aliphatic carbocycles. The number of carbonyl (C=O) groups excluding carboxylic acids is 1. The number of aromatic nitrogens is 2. The van der Waals surface area contributed by atoms with Crippen molar-refractivity contribution in [3.8, 4) is 0 Å². The van der Waals surface area contributed by atoms with E-state index in [2.05, 4.69) is 31.1 Å². The number of rotatable bonds is 3. The van der Waals surface area contributed by atoms with Crippen LogP contribution >= 0.6 is 23.1 Å². The van der Waals surface area contributed by atoms with Gasteiger partial charge in [-0.05, 0) is 53.7 Å². The Balaban J connectivity index is 1.38. The van der Waals surface area contributed by atoms with E-state index in [1.165, 1.54) is 22.3 Å². The van der Waals surface area contributed by atoms with Gasteiger partial charge in [-0.3, -0.25) is 14.2 Å². The van der Waals surface area contributed by atoms with Gasteiger partial charge in [-0.1, -0.05) is 20.8 Å². The Kier molecular flexibility index (Phi) is 4.22. The first-order valence-electron chi connectivity index (χ1n) is 10.2. The zero-order chi connectivity index (χ0) is 19.7. The maximum Gasteiger partial charge on any atom is 0.262 e. The number of thioether (sulfide) groups is 1. The molecule has 2 fully saturated rings. The second-order valence-corrected chi connectivity index (χ2v) is 11.6. The van der Waals surface area contributed by atoms with E-state index >= 15 is 0 Å². The van der Waals surface area contributed by atoms with E-state index < -0.39 is 0 Å². The van der Waals surface area contributed by atoms with Crippen molar-refractivity contribution in [3.05, 3.63) is 27.1 Å². The lowest BCUT2D eigenvalue weighted by Gasteiger charge is -2.39. The fraction of sp³-hybridized carbons (Fsp3) is 0.667. The normalized spacial score (nSPS) is 30.5. The van der Waals surface area contributed by atoms with Gasteiger partial charge in [0.2, 0.25) is 5.91 Å². The molecule has 2 aromatic rings. The fourth-order valence-corrected chi connectivity index (χ4v) is 8.09. The second-order valence-electron chi connectivity index (χ2n) is 9.39. The molecule has 1 amide bonds. The lowest BCUT2D eigenvalue weighted by Crippen LogP contribution is -2.48. The van der Waals surface area contributed by atoms with Crippen molar-refractivity contribution in [1.82, 2.24) is 14.9 Å². The molecule has 28 heavy (non-hydrogen) atoms. The average molecular weight is 418 g/mol. The van der Waals surface area contributed by atoms with E-state index in [4.69, 9.17) is 0 Å². The Morgan fingerprint density at radius 2 is 2.21 bits per heavy atom. The van der Waals surface area contributed by atoms with Crippen LogP contribution in [0.5, 0.6) is 0 Å². The molecule has 0 radical (unpaired) electrons. The van der Waals surface area contributed by atoms with Gasteiger partial charge in [0, 0.05) is 16.7 Å². The topological polar surface area (TPSA) is 64.0 Å². The van der Waals surface area contributed by atoms with Crippen molar-refractivity contribution < 1.29 is 4.79 Å². The molecular weight excluding hydrogens is 390 g/mol. The summed E-state index contributed by atoms with van der Waals surface area (Å²) in [5, 5.41) is 4.00. The van der Waals surface area contributed by atoms with Crippen molar-refractivity contribution in [2.45, 2.75) is 64.8 Å². The number of hydrogen-bond donors (Lipinski definition) is 1. The molecule has 1 aliphatic heterocycles. The van der Waals surface area contributed by atoms with Crippen molar-refractivity contribution in [2.24, 2.45) is 16.7 Å². The monoisotopic (exact) mass is 417 g/mol. The van der Waals surface area contributed by atoms with Gasteiger partial charge in [-0.15, -0.1) is 11.3 Å². The number of thiophene rings is 1. The minimum absolute atomic E-state index is 0.0544. The summed E-state index contributed by atoms with van der Waals surface area (Å²) in [5.41, 5.74) is 1.50. The highest BCUT2D eigenvalue weighted by Gasteiger charge is 2.61. The maximum absolute atomic E-state index is 13.1. The Bertz CT molecular complexity index is 1020. The SMILES string of the molecule is CC1(C)[C@H]2CC[C@@]1(C)[C@@H](NC(=O)Cn1cnc3sc4c(c3c1=O)CCSC4)C2. The molecular formula is C21H27N3O2S2. The van der Waals surface area contributed by atoms with E-state index in [0.29, 0.717) is 5.92 Å². The molecule has 0 saturated heterocycles. The van der Waals surface area contributed by atoms with Gasteiger partial charge < -0.3 is 5.32 Å². The van der Waals surface area contributed by atoms with Gasteiger partial charge in [-0.2, -0.15) is 11.8 Å². The molecule has 2 bridgehead atoms. The number of aryl methyl sites for hydroxylation is 1. The summed E-state index contributed by atoms with van der Waals surface area (Å²) in [6.45, 7) is 7.06. The maximum atomic E-state index is 13.1. The van der Waals surface area contributed by atoms with Gasteiger partial charge in [0.05, 0.1) is 11.7 Å². The van der Waals surface area contributed by atoms with Crippen LogP contribution in [0.15, 0.2) is 11.1 Å². The molecule has 2 aromatic heterocycles. The van der Waals surface area contributed by atoms with Crippen LogP contribution < -0.4 is 10.9 Å². The highest BCUT2D eigenvalue weighted by Crippen LogP contribution is 2.65. The Hall–Kier alpha value is -1.34. The van der Waals surface area contributed by atoms with E-state index in [1.807, 2.05) is 11.8 Å². The third-order valence-corrected chi connectivity index (χ3v) is 10.3. The van der Waals surface area contributed by atoms with Crippen LogP contribution in [0.1, 0.15) is 50.5 Å². The van der Waals surface area contributed by atoms with Crippen LogP contribution in [0, 0.1) is 16.7 Å². The summed E-state index contributed by atoms with van der Waals surface area (Å²) in [4.78, 5) is 32.5. The van der Waals surface area contributed by atoms with Crippen molar-refractivity contribution in [2.75, 3.05) is 5.75 Å². The molecule has 7 heteroatoms. The minimum atomic E-state index is -0.0718. The van der Waals surface area contributed by atoms with Crippen LogP contribution in [-0.4, -0.2) is 27.3 Å². The van der Waals surface area contributed by atoms with Gasteiger partial charge in [0.15, 0.2) is 0 Å². The Morgan fingerprint density at radius 1 is 1.39 bits per heavy atom. The molecule has 5 rings (SSSR count). The molecule has 0 aromatic carbocycles. The highest BCUT2D eigenvalue weighted by atomic mass is 32.2. The smallest absolute Gasteiger partial charge is 0.262 e. The zero-order valence-electron chi connectivity index (χ0n) is 16.7. The third-order valence-electron chi connectivity index (χ3n) is 8.03. The molecule has 5 nitrogen and oxygen atoms in total.